The summed E-state index contributed by atoms with van der Waals surface area (Å²) >= 11 is 3.23. The number of halogens is 2. The number of benzene rings is 1. The van der Waals surface area contributed by atoms with E-state index < -0.39 is 5.82 Å². The van der Waals surface area contributed by atoms with Crippen molar-refractivity contribution in [1.82, 2.24) is 5.32 Å². The van der Waals surface area contributed by atoms with E-state index in [0.29, 0.717) is 21.9 Å². The first-order valence-electron chi connectivity index (χ1n) is 7.45. The van der Waals surface area contributed by atoms with E-state index in [9.17, 15) is 9.18 Å². The molecule has 0 radical (unpaired) electrons. The zero-order valence-corrected chi connectivity index (χ0v) is 14.0. The van der Waals surface area contributed by atoms with Gasteiger partial charge < -0.3 is 11.1 Å². The van der Waals surface area contributed by atoms with Crippen LogP contribution < -0.4 is 11.1 Å². The second kappa shape index (κ2) is 6.77. The van der Waals surface area contributed by atoms with Crippen molar-refractivity contribution in [1.29, 1.82) is 0 Å². The van der Waals surface area contributed by atoms with Gasteiger partial charge in [-0.15, -0.1) is 0 Å². The van der Waals surface area contributed by atoms with Gasteiger partial charge in [-0.05, 0) is 52.7 Å². The van der Waals surface area contributed by atoms with Crippen LogP contribution in [-0.4, -0.2) is 11.9 Å². The van der Waals surface area contributed by atoms with Gasteiger partial charge in [0.05, 0.1) is 11.3 Å². The fraction of sp³-hybridized carbons (Fsp3) is 0.562. The second-order valence-corrected chi connectivity index (χ2v) is 6.98. The van der Waals surface area contributed by atoms with E-state index in [1.54, 1.807) is 0 Å². The van der Waals surface area contributed by atoms with Gasteiger partial charge in [-0.3, -0.25) is 4.79 Å². The Kier molecular flexibility index (Phi) is 5.25. The summed E-state index contributed by atoms with van der Waals surface area (Å²) in [7, 11) is 0. The number of nitrogens with two attached hydrogens (primary N) is 1. The van der Waals surface area contributed by atoms with Crippen molar-refractivity contribution in [3.63, 3.8) is 0 Å². The van der Waals surface area contributed by atoms with E-state index in [1.165, 1.54) is 18.6 Å². The Bertz CT molecular complexity index is 533. The zero-order chi connectivity index (χ0) is 15.6. The average molecular weight is 357 g/mol. The van der Waals surface area contributed by atoms with Crippen LogP contribution >= 0.6 is 15.9 Å². The number of hydrogen-bond acceptors (Lipinski definition) is 2. The van der Waals surface area contributed by atoms with E-state index in [0.717, 1.165) is 19.3 Å². The monoisotopic (exact) mass is 356 g/mol. The van der Waals surface area contributed by atoms with Gasteiger partial charge in [0.1, 0.15) is 5.82 Å². The smallest absolute Gasteiger partial charge is 0.252 e. The largest absolute Gasteiger partial charge is 0.396 e. The number of amides is 1. The first-order chi connectivity index (χ1) is 9.90. The average Bonchev–Trinajstić information content (AvgIpc) is 2.43. The Hall–Kier alpha value is -1.10. The summed E-state index contributed by atoms with van der Waals surface area (Å²) < 4.78 is 13.8. The van der Waals surface area contributed by atoms with Gasteiger partial charge in [0, 0.05) is 10.5 Å². The van der Waals surface area contributed by atoms with Crippen molar-refractivity contribution < 1.29 is 9.18 Å². The first kappa shape index (κ1) is 16.3. The molecule has 0 aliphatic heterocycles. The molecule has 3 nitrogen and oxygen atoms in total. The normalized spacial score (nSPS) is 22.3. The molecule has 1 aliphatic rings. The molecule has 21 heavy (non-hydrogen) atoms. The number of hydrogen-bond donors (Lipinski definition) is 2. The van der Waals surface area contributed by atoms with Gasteiger partial charge >= 0.3 is 0 Å². The van der Waals surface area contributed by atoms with Gasteiger partial charge in [0.2, 0.25) is 0 Å². The molecule has 116 valence electrons. The molecule has 1 fully saturated rings. The van der Waals surface area contributed by atoms with Crippen molar-refractivity contribution in [2.45, 2.75) is 45.6 Å². The van der Waals surface area contributed by atoms with Gasteiger partial charge in [-0.1, -0.05) is 26.7 Å². The Morgan fingerprint density at radius 1 is 1.38 bits per heavy atom. The third-order valence-corrected chi connectivity index (χ3v) is 4.98. The van der Waals surface area contributed by atoms with Gasteiger partial charge in [0.15, 0.2) is 0 Å². The Balaban J connectivity index is 2.15. The van der Waals surface area contributed by atoms with Gasteiger partial charge in [0.25, 0.3) is 5.91 Å². The maximum Gasteiger partial charge on any atom is 0.252 e. The highest BCUT2D eigenvalue weighted by atomic mass is 79.9. The SMILES string of the molecule is CC(C)C1CCCCC1NC(=O)c1cc(N)c(F)cc1Br. The van der Waals surface area contributed by atoms with Gasteiger partial charge in [-0.25, -0.2) is 4.39 Å². The van der Waals surface area contributed by atoms with Crippen LogP contribution in [0.1, 0.15) is 49.9 Å². The number of nitrogens with one attached hydrogen (secondary N) is 1. The van der Waals surface area contributed by atoms with Crippen molar-refractivity contribution in [3.8, 4) is 0 Å². The minimum atomic E-state index is -0.517. The number of nitrogen functional groups attached to an aromatic ring is 1. The fourth-order valence-electron chi connectivity index (χ4n) is 3.12. The summed E-state index contributed by atoms with van der Waals surface area (Å²) in [4.78, 5) is 12.4. The van der Waals surface area contributed by atoms with E-state index in [2.05, 4.69) is 35.1 Å². The molecule has 0 spiro atoms. The third-order valence-electron chi connectivity index (χ3n) is 4.32. The van der Waals surface area contributed by atoms with E-state index >= 15 is 0 Å². The predicted octanol–water partition coefficient (Wildman–Crippen LogP) is 4.12. The number of anilines is 1. The number of carbonyl (C=O) groups excluding carboxylic acids is 1. The fourth-order valence-corrected chi connectivity index (χ4v) is 3.62. The Morgan fingerprint density at radius 3 is 2.71 bits per heavy atom. The Morgan fingerprint density at radius 2 is 2.05 bits per heavy atom. The molecule has 1 aromatic rings. The molecule has 0 aromatic heterocycles. The minimum absolute atomic E-state index is 0.00703. The summed E-state index contributed by atoms with van der Waals surface area (Å²) in [6.45, 7) is 4.39. The summed E-state index contributed by atoms with van der Waals surface area (Å²) in [6, 6.07) is 2.82. The van der Waals surface area contributed by atoms with Crippen LogP contribution in [0.3, 0.4) is 0 Å². The lowest BCUT2D eigenvalue weighted by Gasteiger charge is -2.35. The second-order valence-electron chi connectivity index (χ2n) is 6.13. The molecular weight excluding hydrogens is 335 g/mol. The summed E-state index contributed by atoms with van der Waals surface area (Å²) in [5.41, 5.74) is 5.94. The molecular formula is C16H22BrFN2O. The van der Waals surface area contributed by atoms with Crippen molar-refractivity contribution in [2.24, 2.45) is 11.8 Å². The highest BCUT2D eigenvalue weighted by Crippen LogP contribution is 2.31. The molecule has 1 amide bonds. The highest BCUT2D eigenvalue weighted by molar-refractivity contribution is 9.10. The first-order valence-corrected chi connectivity index (χ1v) is 8.25. The molecule has 5 heteroatoms. The molecule has 2 atom stereocenters. The molecule has 0 heterocycles. The number of rotatable bonds is 3. The van der Waals surface area contributed by atoms with Crippen molar-refractivity contribution in [3.05, 3.63) is 28.0 Å². The zero-order valence-electron chi connectivity index (χ0n) is 12.5. The van der Waals surface area contributed by atoms with Crippen LogP contribution in [0.25, 0.3) is 0 Å². The molecule has 1 aromatic carbocycles. The van der Waals surface area contributed by atoms with Crippen molar-refractivity contribution >= 4 is 27.5 Å². The molecule has 0 bridgehead atoms. The minimum Gasteiger partial charge on any atom is -0.396 e. The lowest BCUT2D eigenvalue weighted by atomic mass is 9.78. The summed E-state index contributed by atoms with van der Waals surface area (Å²) in [6.07, 6.45) is 4.52. The molecule has 1 saturated carbocycles. The van der Waals surface area contributed by atoms with Crippen LogP contribution in [-0.2, 0) is 0 Å². The third kappa shape index (κ3) is 3.76. The van der Waals surface area contributed by atoms with Gasteiger partial charge in [-0.2, -0.15) is 0 Å². The number of carbonyl (C=O) groups is 1. The molecule has 0 saturated heterocycles. The molecule has 2 unspecified atom stereocenters. The molecule has 3 N–H and O–H groups in total. The topological polar surface area (TPSA) is 55.1 Å². The Labute approximate surface area is 133 Å². The van der Waals surface area contributed by atoms with Crippen LogP contribution in [0, 0.1) is 17.7 Å². The van der Waals surface area contributed by atoms with Crippen molar-refractivity contribution in [2.75, 3.05) is 5.73 Å². The summed E-state index contributed by atoms with van der Waals surface area (Å²) in [5, 5.41) is 3.11. The van der Waals surface area contributed by atoms with Crippen LogP contribution in [0.15, 0.2) is 16.6 Å². The molecule has 1 aliphatic carbocycles. The highest BCUT2D eigenvalue weighted by Gasteiger charge is 2.29. The maximum absolute atomic E-state index is 13.4. The quantitative estimate of drug-likeness (QED) is 0.800. The predicted molar refractivity (Wildman–Crippen MR) is 86.6 cm³/mol. The standard InChI is InChI=1S/C16H22BrFN2O/c1-9(2)10-5-3-4-6-15(10)20-16(21)11-7-14(19)13(18)8-12(11)17/h7-10,15H,3-6,19H2,1-2H3,(H,20,21). The summed E-state index contributed by atoms with van der Waals surface area (Å²) in [5.74, 6) is 0.332. The van der Waals surface area contributed by atoms with E-state index in [4.69, 9.17) is 5.73 Å². The lowest BCUT2D eigenvalue weighted by molar-refractivity contribution is 0.0888. The van der Waals surface area contributed by atoms with E-state index in [-0.39, 0.29) is 17.6 Å². The lowest BCUT2D eigenvalue weighted by Crippen LogP contribution is -2.44. The van der Waals surface area contributed by atoms with Crippen LogP contribution in [0.2, 0.25) is 0 Å². The molecule has 2 rings (SSSR count). The van der Waals surface area contributed by atoms with Crippen LogP contribution in [0.4, 0.5) is 10.1 Å². The van der Waals surface area contributed by atoms with Crippen LogP contribution in [0.5, 0.6) is 0 Å². The van der Waals surface area contributed by atoms with E-state index in [1.807, 2.05) is 0 Å². The maximum atomic E-state index is 13.4.